The van der Waals surface area contributed by atoms with Crippen LogP contribution in [0.5, 0.6) is 5.75 Å². The van der Waals surface area contributed by atoms with Crippen molar-refractivity contribution in [3.05, 3.63) is 66.5 Å². The molecule has 3 atom stereocenters. The third-order valence-corrected chi connectivity index (χ3v) is 8.68. The van der Waals surface area contributed by atoms with Gasteiger partial charge in [-0.15, -0.1) is 6.58 Å². The lowest BCUT2D eigenvalue weighted by molar-refractivity contribution is -0.135. The van der Waals surface area contributed by atoms with Crippen molar-refractivity contribution in [2.75, 3.05) is 13.2 Å². The summed E-state index contributed by atoms with van der Waals surface area (Å²) < 4.78 is 34.8. The Labute approximate surface area is 188 Å². The summed E-state index contributed by atoms with van der Waals surface area (Å²) in [5, 5.41) is 0. The molecule has 1 aromatic carbocycles. The second-order valence-corrected chi connectivity index (χ2v) is 10.5. The monoisotopic (exact) mass is 453 g/mol. The Morgan fingerprint density at radius 3 is 2.88 bits per heavy atom. The Balaban J connectivity index is 1.53. The number of carbonyl (C=O) groups is 1. The lowest BCUT2D eigenvalue weighted by atomic mass is 9.90. The number of aromatic nitrogens is 1. The number of hydrogen-bond donors (Lipinski definition) is 0. The van der Waals surface area contributed by atoms with Crippen LogP contribution in [0.25, 0.3) is 0 Å². The minimum absolute atomic E-state index is 0.152. The maximum atomic E-state index is 13.9. The number of nitrogens with zero attached hydrogens (tertiary/aromatic N) is 3. The first kappa shape index (κ1) is 21.2. The molecule has 168 valence electrons. The van der Waals surface area contributed by atoms with Gasteiger partial charge in [-0.05, 0) is 55.2 Å². The molecule has 5 rings (SSSR count). The van der Waals surface area contributed by atoms with Crippen LogP contribution in [0, 0.1) is 5.92 Å². The van der Waals surface area contributed by atoms with E-state index in [0.29, 0.717) is 39.0 Å². The van der Waals surface area contributed by atoms with Gasteiger partial charge in [0.15, 0.2) is 0 Å². The van der Waals surface area contributed by atoms with Crippen LogP contribution in [0.4, 0.5) is 0 Å². The van der Waals surface area contributed by atoms with Crippen molar-refractivity contribution in [2.45, 2.75) is 49.2 Å². The normalized spacial score (nSPS) is 25.7. The van der Waals surface area contributed by atoms with Crippen LogP contribution in [0.1, 0.15) is 30.5 Å². The van der Waals surface area contributed by atoms with Gasteiger partial charge < -0.3 is 9.64 Å². The van der Waals surface area contributed by atoms with Gasteiger partial charge in [-0.1, -0.05) is 12.1 Å². The number of sulfonamides is 1. The minimum atomic E-state index is -3.87. The largest absolute Gasteiger partial charge is 0.493 e. The number of rotatable bonds is 5. The highest BCUT2D eigenvalue weighted by Crippen LogP contribution is 2.39. The van der Waals surface area contributed by atoms with Gasteiger partial charge in [0.05, 0.1) is 23.7 Å². The quantitative estimate of drug-likeness (QED) is 0.651. The van der Waals surface area contributed by atoms with Crippen molar-refractivity contribution in [2.24, 2.45) is 5.92 Å². The molecular weight excluding hydrogens is 426 g/mol. The Kier molecular flexibility index (Phi) is 5.51. The molecular formula is C24H27N3O4S. The Hall–Kier alpha value is -2.71. The van der Waals surface area contributed by atoms with E-state index in [9.17, 15) is 13.2 Å². The van der Waals surface area contributed by atoms with Gasteiger partial charge in [0, 0.05) is 31.1 Å². The molecule has 3 aliphatic rings. The van der Waals surface area contributed by atoms with Crippen LogP contribution in [0.3, 0.4) is 0 Å². The molecule has 4 heterocycles. The molecule has 0 N–H and O–H groups in total. The SMILES string of the molecule is C=C[C@H]1CN(Cc2ccccn2)C(=O)C2CCC[C@@H]1N2S(=O)(=O)c1ccc2c(c1)CCO2. The summed E-state index contributed by atoms with van der Waals surface area (Å²) in [4.78, 5) is 20.0. The van der Waals surface area contributed by atoms with E-state index in [1.807, 2.05) is 18.2 Å². The molecule has 2 bridgehead atoms. The second kappa shape index (κ2) is 8.33. The van der Waals surface area contributed by atoms with Gasteiger partial charge in [-0.25, -0.2) is 8.42 Å². The highest BCUT2D eigenvalue weighted by atomic mass is 32.2. The zero-order valence-electron chi connectivity index (χ0n) is 17.9. The molecule has 0 aliphatic carbocycles. The first-order chi connectivity index (χ1) is 15.5. The summed E-state index contributed by atoms with van der Waals surface area (Å²) in [6.07, 6.45) is 6.24. The highest BCUT2D eigenvalue weighted by Gasteiger charge is 2.49. The van der Waals surface area contributed by atoms with Crippen molar-refractivity contribution in [1.29, 1.82) is 0 Å². The lowest BCUT2D eigenvalue weighted by Gasteiger charge is -2.40. The van der Waals surface area contributed by atoms with E-state index < -0.39 is 16.1 Å². The smallest absolute Gasteiger partial charge is 0.244 e. The standard InChI is InChI=1S/C24H27N3O4S/c1-2-17-15-26(16-19-6-3-4-12-25-19)24(28)22-8-5-7-21(17)27(22)32(29,30)20-9-10-23-18(14-20)11-13-31-23/h2-4,6,9-10,12,14,17,21-22H,1,5,7-8,11,13,15-16H2/t17-,21-,22?/m0/s1. The predicted molar refractivity (Wildman–Crippen MR) is 119 cm³/mol. The summed E-state index contributed by atoms with van der Waals surface area (Å²) in [5.74, 6) is 0.430. The zero-order valence-corrected chi connectivity index (χ0v) is 18.7. The van der Waals surface area contributed by atoms with Crippen molar-refractivity contribution in [1.82, 2.24) is 14.2 Å². The molecule has 0 spiro atoms. The number of ether oxygens (including phenoxy) is 1. The van der Waals surface area contributed by atoms with Crippen molar-refractivity contribution < 1.29 is 17.9 Å². The van der Waals surface area contributed by atoms with E-state index in [1.54, 1.807) is 35.4 Å². The second-order valence-electron chi connectivity index (χ2n) is 8.66. The number of pyridine rings is 1. The summed E-state index contributed by atoms with van der Waals surface area (Å²) in [6.45, 7) is 5.34. The molecule has 3 aliphatic heterocycles. The number of piperidine rings is 1. The Morgan fingerprint density at radius 2 is 2.09 bits per heavy atom. The first-order valence-corrected chi connectivity index (χ1v) is 12.5. The fourth-order valence-corrected chi connectivity index (χ4v) is 7.09. The molecule has 2 fully saturated rings. The molecule has 2 saturated heterocycles. The molecule has 8 heteroatoms. The van der Waals surface area contributed by atoms with Crippen LogP contribution < -0.4 is 4.74 Å². The van der Waals surface area contributed by atoms with Gasteiger partial charge >= 0.3 is 0 Å². The molecule has 0 saturated carbocycles. The van der Waals surface area contributed by atoms with Crippen LogP contribution in [0.15, 0.2) is 60.1 Å². The third-order valence-electron chi connectivity index (χ3n) is 6.75. The fraction of sp³-hybridized carbons (Fsp3) is 0.417. The molecule has 32 heavy (non-hydrogen) atoms. The third kappa shape index (κ3) is 3.61. The lowest BCUT2D eigenvalue weighted by Crippen LogP contribution is -2.54. The molecule has 1 unspecified atom stereocenters. The topological polar surface area (TPSA) is 79.8 Å². The van der Waals surface area contributed by atoms with Crippen molar-refractivity contribution >= 4 is 15.9 Å². The van der Waals surface area contributed by atoms with Gasteiger partial charge in [0.1, 0.15) is 11.8 Å². The van der Waals surface area contributed by atoms with E-state index in [1.165, 1.54) is 4.31 Å². The predicted octanol–water partition coefficient (Wildman–Crippen LogP) is 2.77. The number of benzene rings is 1. The number of amides is 1. The summed E-state index contributed by atoms with van der Waals surface area (Å²) >= 11 is 0. The van der Waals surface area contributed by atoms with E-state index >= 15 is 0 Å². The van der Waals surface area contributed by atoms with Crippen molar-refractivity contribution in [3.8, 4) is 5.75 Å². The highest BCUT2D eigenvalue weighted by molar-refractivity contribution is 7.89. The van der Waals surface area contributed by atoms with Crippen LogP contribution >= 0.6 is 0 Å². The van der Waals surface area contributed by atoms with Gasteiger partial charge in [0.25, 0.3) is 0 Å². The van der Waals surface area contributed by atoms with Gasteiger partial charge in [-0.2, -0.15) is 4.31 Å². The minimum Gasteiger partial charge on any atom is -0.493 e. The first-order valence-electron chi connectivity index (χ1n) is 11.1. The van der Waals surface area contributed by atoms with Crippen LogP contribution in [-0.2, 0) is 27.8 Å². The summed E-state index contributed by atoms with van der Waals surface area (Å²) in [5.41, 5.74) is 1.68. The zero-order chi connectivity index (χ0) is 22.3. The number of carbonyl (C=O) groups excluding carboxylic acids is 1. The van der Waals surface area contributed by atoms with E-state index in [-0.39, 0.29) is 22.8 Å². The molecule has 1 amide bonds. The molecule has 7 nitrogen and oxygen atoms in total. The van der Waals surface area contributed by atoms with E-state index in [4.69, 9.17) is 4.74 Å². The Bertz CT molecular complexity index is 1140. The molecule has 1 aromatic heterocycles. The van der Waals surface area contributed by atoms with E-state index in [2.05, 4.69) is 11.6 Å². The van der Waals surface area contributed by atoms with Crippen molar-refractivity contribution in [3.63, 3.8) is 0 Å². The Morgan fingerprint density at radius 1 is 1.22 bits per heavy atom. The number of hydrogen-bond acceptors (Lipinski definition) is 5. The van der Waals surface area contributed by atoms with Gasteiger partial charge in [-0.3, -0.25) is 9.78 Å². The summed E-state index contributed by atoms with van der Waals surface area (Å²) in [6, 6.07) is 9.63. The molecule has 2 aromatic rings. The fourth-order valence-electron chi connectivity index (χ4n) is 5.17. The van der Waals surface area contributed by atoms with E-state index in [0.717, 1.165) is 23.4 Å². The molecule has 0 radical (unpaired) electrons. The average molecular weight is 454 g/mol. The maximum absolute atomic E-state index is 13.9. The average Bonchev–Trinajstić information content (AvgIpc) is 3.27. The number of fused-ring (bicyclic) bond motifs is 3. The van der Waals surface area contributed by atoms with Gasteiger partial charge in [0.2, 0.25) is 15.9 Å². The van der Waals surface area contributed by atoms with Crippen LogP contribution in [-0.4, -0.2) is 53.7 Å². The summed E-state index contributed by atoms with van der Waals surface area (Å²) in [7, 11) is -3.87. The van der Waals surface area contributed by atoms with Crippen LogP contribution in [0.2, 0.25) is 0 Å². The maximum Gasteiger partial charge on any atom is 0.244 e.